The Bertz CT molecular complexity index is 704. The van der Waals surface area contributed by atoms with Crippen LogP contribution in [0, 0.1) is 5.82 Å². The number of nitrogens with zero attached hydrogens (tertiary/aromatic N) is 2. The van der Waals surface area contributed by atoms with E-state index < -0.39 is 15.8 Å². The molecule has 6 nitrogen and oxygen atoms in total. The number of para-hydroxylation sites is 1. The first kappa shape index (κ1) is 14.2. The summed E-state index contributed by atoms with van der Waals surface area (Å²) in [5, 5.41) is 0. The molecule has 2 rings (SSSR count). The fourth-order valence-corrected chi connectivity index (χ4v) is 2.76. The summed E-state index contributed by atoms with van der Waals surface area (Å²) in [6.07, 6.45) is 1.15. The lowest BCUT2D eigenvalue weighted by atomic mass is 10.3. The monoisotopic (exact) mass is 296 g/mol. The minimum Gasteiger partial charge on any atom is -0.308 e. The summed E-state index contributed by atoms with van der Waals surface area (Å²) in [5.41, 5.74) is 2.26. The van der Waals surface area contributed by atoms with Crippen molar-refractivity contribution in [2.45, 2.75) is 4.90 Å². The number of aromatic nitrogens is 1. The Kier molecular flexibility index (Phi) is 3.86. The van der Waals surface area contributed by atoms with E-state index in [1.165, 1.54) is 37.4 Å². The molecule has 3 N–H and O–H groups in total. The lowest BCUT2D eigenvalue weighted by Crippen LogP contribution is -2.27. The minimum atomic E-state index is -3.88. The second kappa shape index (κ2) is 5.43. The van der Waals surface area contributed by atoms with Gasteiger partial charge in [-0.1, -0.05) is 12.1 Å². The van der Waals surface area contributed by atoms with Gasteiger partial charge < -0.3 is 5.43 Å². The fraction of sp³-hybridized carbons (Fsp3) is 0.0833. The first-order chi connectivity index (χ1) is 9.46. The summed E-state index contributed by atoms with van der Waals surface area (Å²) in [5.74, 6) is 4.87. The first-order valence-electron chi connectivity index (χ1n) is 5.63. The van der Waals surface area contributed by atoms with Gasteiger partial charge in [0.05, 0.1) is 5.69 Å². The van der Waals surface area contributed by atoms with E-state index in [2.05, 4.69) is 10.4 Å². The molecule has 0 aliphatic rings. The van der Waals surface area contributed by atoms with Gasteiger partial charge in [-0.2, -0.15) is 0 Å². The second-order valence-electron chi connectivity index (χ2n) is 3.95. The Labute approximate surface area is 116 Å². The SMILES string of the molecule is CN(c1ccccc1F)S(=O)(=O)c1ccc(NN)nc1. The van der Waals surface area contributed by atoms with Crippen molar-refractivity contribution >= 4 is 21.5 Å². The highest BCUT2D eigenvalue weighted by Crippen LogP contribution is 2.24. The standard InChI is InChI=1S/C12H13FN4O2S/c1-17(11-5-3-2-4-10(11)13)20(18,19)9-6-7-12(16-14)15-8-9/h2-8H,14H2,1H3,(H,15,16). The number of benzene rings is 1. The molecular formula is C12H13FN4O2S. The van der Waals surface area contributed by atoms with Crippen molar-refractivity contribution < 1.29 is 12.8 Å². The molecule has 0 fully saturated rings. The van der Waals surface area contributed by atoms with Gasteiger partial charge in [0, 0.05) is 13.2 Å². The van der Waals surface area contributed by atoms with E-state index in [1.54, 1.807) is 6.07 Å². The maximum atomic E-state index is 13.7. The lowest BCUT2D eigenvalue weighted by Gasteiger charge is -2.19. The van der Waals surface area contributed by atoms with Crippen molar-refractivity contribution in [3.05, 3.63) is 48.4 Å². The van der Waals surface area contributed by atoms with E-state index in [4.69, 9.17) is 5.84 Å². The number of nitrogens with two attached hydrogens (primary N) is 1. The molecule has 0 saturated heterocycles. The highest BCUT2D eigenvalue weighted by Gasteiger charge is 2.23. The highest BCUT2D eigenvalue weighted by atomic mass is 32.2. The molecule has 0 amide bonds. The Morgan fingerprint density at radius 1 is 1.25 bits per heavy atom. The molecule has 20 heavy (non-hydrogen) atoms. The summed E-state index contributed by atoms with van der Waals surface area (Å²) < 4.78 is 39.2. The van der Waals surface area contributed by atoms with Crippen LogP contribution in [0.15, 0.2) is 47.5 Å². The molecule has 0 atom stereocenters. The fourth-order valence-electron chi connectivity index (χ4n) is 1.61. The first-order valence-corrected chi connectivity index (χ1v) is 7.07. The Morgan fingerprint density at radius 3 is 2.50 bits per heavy atom. The normalized spacial score (nSPS) is 11.2. The van der Waals surface area contributed by atoms with Crippen LogP contribution in [0.4, 0.5) is 15.9 Å². The van der Waals surface area contributed by atoms with Crippen LogP contribution in [0.1, 0.15) is 0 Å². The van der Waals surface area contributed by atoms with Gasteiger partial charge in [0.1, 0.15) is 16.5 Å². The Hall–Kier alpha value is -2.19. The number of nitrogens with one attached hydrogen (secondary N) is 1. The molecule has 0 bridgehead atoms. The van der Waals surface area contributed by atoms with Crippen LogP contribution in [0.3, 0.4) is 0 Å². The Morgan fingerprint density at radius 2 is 1.95 bits per heavy atom. The molecule has 0 radical (unpaired) electrons. The summed E-state index contributed by atoms with van der Waals surface area (Å²) in [7, 11) is -2.60. The molecule has 0 aliphatic carbocycles. The van der Waals surface area contributed by atoms with Crippen molar-refractivity contribution in [3.8, 4) is 0 Å². The number of hydrazine groups is 1. The largest absolute Gasteiger partial charge is 0.308 e. The van der Waals surface area contributed by atoms with Gasteiger partial charge in [-0.25, -0.2) is 23.6 Å². The number of hydrogen-bond acceptors (Lipinski definition) is 5. The minimum absolute atomic E-state index is 0.0338. The van der Waals surface area contributed by atoms with Gasteiger partial charge in [-0.3, -0.25) is 4.31 Å². The average Bonchev–Trinajstić information content (AvgIpc) is 2.47. The number of nitrogen functional groups attached to an aromatic ring is 1. The Balaban J connectivity index is 2.41. The van der Waals surface area contributed by atoms with Crippen LogP contribution in [-0.2, 0) is 10.0 Å². The van der Waals surface area contributed by atoms with Crippen molar-refractivity contribution in [1.29, 1.82) is 0 Å². The maximum absolute atomic E-state index is 13.7. The molecule has 1 heterocycles. The number of hydrogen-bond donors (Lipinski definition) is 2. The van der Waals surface area contributed by atoms with E-state index in [0.29, 0.717) is 5.82 Å². The molecule has 1 aromatic heterocycles. The summed E-state index contributed by atoms with van der Waals surface area (Å²) in [6.45, 7) is 0. The van der Waals surface area contributed by atoms with E-state index in [1.807, 2.05) is 0 Å². The van der Waals surface area contributed by atoms with Crippen LogP contribution in [0.5, 0.6) is 0 Å². The van der Waals surface area contributed by atoms with Crippen LogP contribution in [0.2, 0.25) is 0 Å². The maximum Gasteiger partial charge on any atom is 0.265 e. The number of sulfonamides is 1. The molecule has 0 spiro atoms. The van der Waals surface area contributed by atoms with E-state index in [-0.39, 0.29) is 10.6 Å². The topological polar surface area (TPSA) is 88.3 Å². The van der Waals surface area contributed by atoms with Crippen LogP contribution in [-0.4, -0.2) is 20.4 Å². The van der Waals surface area contributed by atoms with Crippen molar-refractivity contribution in [3.63, 3.8) is 0 Å². The molecule has 0 unspecified atom stereocenters. The third-order valence-electron chi connectivity index (χ3n) is 2.73. The number of halogens is 1. The molecular weight excluding hydrogens is 283 g/mol. The molecule has 106 valence electrons. The third-order valence-corrected chi connectivity index (χ3v) is 4.49. The van der Waals surface area contributed by atoms with Crippen molar-refractivity contribution in [2.24, 2.45) is 5.84 Å². The smallest absolute Gasteiger partial charge is 0.265 e. The highest BCUT2D eigenvalue weighted by molar-refractivity contribution is 7.92. The molecule has 0 saturated carbocycles. The zero-order valence-electron chi connectivity index (χ0n) is 10.6. The van der Waals surface area contributed by atoms with E-state index in [0.717, 1.165) is 10.5 Å². The van der Waals surface area contributed by atoms with Crippen molar-refractivity contribution in [1.82, 2.24) is 4.98 Å². The van der Waals surface area contributed by atoms with Crippen LogP contribution >= 0.6 is 0 Å². The zero-order chi connectivity index (χ0) is 14.8. The lowest BCUT2D eigenvalue weighted by molar-refractivity contribution is 0.589. The molecule has 1 aromatic carbocycles. The van der Waals surface area contributed by atoms with E-state index >= 15 is 0 Å². The number of pyridine rings is 1. The van der Waals surface area contributed by atoms with Crippen LogP contribution in [0.25, 0.3) is 0 Å². The van der Waals surface area contributed by atoms with Gasteiger partial charge in [-0.15, -0.1) is 0 Å². The van der Waals surface area contributed by atoms with Gasteiger partial charge >= 0.3 is 0 Å². The van der Waals surface area contributed by atoms with Gasteiger partial charge in [0.2, 0.25) is 0 Å². The summed E-state index contributed by atoms with van der Waals surface area (Å²) in [6, 6.07) is 8.39. The predicted octanol–water partition coefficient (Wildman–Crippen LogP) is 1.33. The number of anilines is 2. The average molecular weight is 296 g/mol. The van der Waals surface area contributed by atoms with Gasteiger partial charge in [-0.05, 0) is 24.3 Å². The molecule has 0 aliphatic heterocycles. The van der Waals surface area contributed by atoms with Gasteiger partial charge in [0.15, 0.2) is 0 Å². The van der Waals surface area contributed by atoms with Crippen molar-refractivity contribution in [2.75, 3.05) is 16.8 Å². The molecule has 2 aromatic rings. The van der Waals surface area contributed by atoms with Crippen LogP contribution < -0.4 is 15.6 Å². The molecule has 8 heteroatoms. The second-order valence-corrected chi connectivity index (χ2v) is 5.92. The van der Waals surface area contributed by atoms with E-state index in [9.17, 15) is 12.8 Å². The predicted molar refractivity (Wildman–Crippen MR) is 74.0 cm³/mol. The summed E-state index contributed by atoms with van der Waals surface area (Å²) in [4.78, 5) is 3.77. The number of rotatable bonds is 4. The van der Waals surface area contributed by atoms with Gasteiger partial charge in [0.25, 0.3) is 10.0 Å². The zero-order valence-corrected chi connectivity index (χ0v) is 11.4. The quantitative estimate of drug-likeness (QED) is 0.656. The summed E-state index contributed by atoms with van der Waals surface area (Å²) >= 11 is 0. The third kappa shape index (κ3) is 2.56.